The van der Waals surface area contributed by atoms with Crippen LogP contribution in [0.4, 0.5) is 5.69 Å². The van der Waals surface area contributed by atoms with Crippen LogP contribution >= 0.6 is 35.1 Å². The molecule has 1 amide bonds. The SMILES string of the molecule is Cc1ccccc1Sc1nccnc1SCC(=O)Nc1ccc(Cl)cc1. The Bertz CT molecular complexity index is 903. The fourth-order valence-corrected chi connectivity index (χ4v) is 4.04. The van der Waals surface area contributed by atoms with E-state index in [4.69, 9.17) is 11.6 Å². The molecule has 0 aliphatic heterocycles. The number of rotatable bonds is 6. The zero-order valence-corrected chi connectivity index (χ0v) is 16.4. The lowest BCUT2D eigenvalue weighted by Crippen LogP contribution is -2.14. The third-order valence-corrected chi connectivity index (χ3v) is 5.93. The number of benzene rings is 2. The normalized spacial score (nSPS) is 10.5. The molecule has 1 N–H and O–H groups in total. The van der Waals surface area contributed by atoms with Crippen LogP contribution < -0.4 is 5.32 Å². The fraction of sp³-hybridized carbons (Fsp3) is 0.105. The first-order chi connectivity index (χ1) is 12.6. The van der Waals surface area contributed by atoms with Crippen molar-refractivity contribution in [2.45, 2.75) is 21.9 Å². The van der Waals surface area contributed by atoms with Crippen molar-refractivity contribution < 1.29 is 4.79 Å². The van der Waals surface area contributed by atoms with Crippen molar-refractivity contribution in [3.63, 3.8) is 0 Å². The molecule has 0 atom stereocenters. The zero-order chi connectivity index (χ0) is 18.4. The standard InChI is InChI=1S/C19H16ClN3OS2/c1-13-4-2-3-5-16(13)26-19-18(21-10-11-22-19)25-12-17(24)23-15-8-6-14(20)7-9-15/h2-11H,12H2,1H3,(H,23,24). The molecule has 7 heteroatoms. The second kappa shape index (κ2) is 9.07. The van der Waals surface area contributed by atoms with Crippen LogP contribution in [0.5, 0.6) is 0 Å². The van der Waals surface area contributed by atoms with E-state index in [0.717, 1.165) is 14.9 Å². The lowest BCUT2D eigenvalue weighted by molar-refractivity contribution is -0.113. The van der Waals surface area contributed by atoms with E-state index >= 15 is 0 Å². The lowest BCUT2D eigenvalue weighted by Gasteiger charge is -2.09. The lowest BCUT2D eigenvalue weighted by atomic mass is 10.2. The van der Waals surface area contributed by atoms with E-state index in [1.165, 1.54) is 17.3 Å². The van der Waals surface area contributed by atoms with Crippen LogP contribution in [0, 0.1) is 6.92 Å². The molecule has 0 aliphatic carbocycles. The van der Waals surface area contributed by atoms with E-state index in [0.29, 0.717) is 10.7 Å². The van der Waals surface area contributed by atoms with Crippen LogP contribution in [0.15, 0.2) is 75.9 Å². The maximum atomic E-state index is 12.2. The van der Waals surface area contributed by atoms with Gasteiger partial charge < -0.3 is 5.32 Å². The maximum absolute atomic E-state index is 12.2. The molecule has 1 aromatic heterocycles. The van der Waals surface area contributed by atoms with Crippen LogP contribution in [0.1, 0.15) is 5.56 Å². The summed E-state index contributed by atoms with van der Waals surface area (Å²) in [5, 5.41) is 5.02. The number of nitrogens with one attached hydrogen (secondary N) is 1. The van der Waals surface area contributed by atoms with E-state index in [1.54, 1.807) is 48.4 Å². The highest BCUT2D eigenvalue weighted by molar-refractivity contribution is 8.02. The monoisotopic (exact) mass is 401 g/mol. The smallest absolute Gasteiger partial charge is 0.234 e. The molecule has 132 valence electrons. The van der Waals surface area contributed by atoms with Gasteiger partial charge in [-0.1, -0.05) is 53.3 Å². The second-order valence-electron chi connectivity index (χ2n) is 5.38. The van der Waals surface area contributed by atoms with Crippen LogP contribution in [-0.4, -0.2) is 21.6 Å². The molecule has 0 bridgehead atoms. The molecular formula is C19H16ClN3OS2. The van der Waals surface area contributed by atoms with Crippen molar-refractivity contribution in [3.8, 4) is 0 Å². The fourth-order valence-electron chi connectivity index (χ4n) is 2.12. The van der Waals surface area contributed by atoms with Gasteiger partial charge in [0.15, 0.2) is 0 Å². The molecule has 4 nitrogen and oxygen atoms in total. The van der Waals surface area contributed by atoms with E-state index in [-0.39, 0.29) is 11.7 Å². The summed E-state index contributed by atoms with van der Waals surface area (Å²) in [4.78, 5) is 22.1. The van der Waals surface area contributed by atoms with Gasteiger partial charge >= 0.3 is 0 Å². The van der Waals surface area contributed by atoms with Gasteiger partial charge in [-0.25, -0.2) is 9.97 Å². The summed E-state index contributed by atoms with van der Waals surface area (Å²) in [7, 11) is 0. The number of thioether (sulfide) groups is 1. The Labute approximate surface area is 165 Å². The highest BCUT2D eigenvalue weighted by Gasteiger charge is 2.12. The number of aromatic nitrogens is 2. The number of amides is 1. The Kier molecular flexibility index (Phi) is 6.55. The van der Waals surface area contributed by atoms with Crippen LogP contribution in [-0.2, 0) is 4.79 Å². The first kappa shape index (κ1) is 18.8. The second-order valence-corrected chi connectivity index (χ2v) is 7.81. The number of hydrogen-bond acceptors (Lipinski definition) is 5. The van der Waals surface area contributed by atoms with Crippen LogP contribution in [0.25, 0.3) is 0 Å². The summed E-state index contributed by atoms with van der Waals surface area (Å²) in [6.45, 7) is 2.06. The minimum atomic E-state index is -0.102. The Morgan fingerprint density at radius 2 is 1.73 bits per heavy atom. The molecule has 1 heterocycles. The van der Waals surface area contributed by atoms with Gasteiger partial charge in [0.25, 0.3) is 0 Å². The largest absolute Gasteiger partial charge is 0.325 e. The number of nitrogens with zero attached hydrogens (tertiary/aromatic N) is 2. The minimum Gasteiger partial charge on any atom is -0.325 e. The molecule has 2 aromatic carbocycles. The van der Waals surface area contributed by atoms with Crippen molar-refractivity contribution in [2.24, 2.45) is 0 Å². The Hall–Kier alpha value is -2.02. The summed E-state index contributed by atoms with van der Waals surface area (Å²) >= 11 is 8.78. The predicted octanol–water partition coefficient (Wildman–Crippen LogP) is 5.32. The van der Waals surface area contributed by atoms with Gasteiger partial charge in [-0.2, -0.15) is 0 Å². The van der Waals surface area contributed by atoms with Gasteiger partial charge in [-0.15, -0.1) is 0 Å². The summed E-state index contributed by atoms with van der Waals surface area (Å²) in [6, 6.07) is 15.1. The quantitative estimate of drug-likeness (QED) is 0.566. The molecule has 26 heavy (non-hydrogen) atoms. The van der Waals surface area contributed by atoms with Gasteiger partial charge in [0.05, 0.1) is 5.75 Å². The number of carbonyl (C=O) groups excluding carboxylic acids is 1. The van der Waals surface area contributed by atoms with Crippen LogP contribution in [0.2, 0.25) is 5.02 Å². The summed E-state index contributed by atoms with van der Waals surface area (Å²) < 4.78 is 0. The third-order valence-electron chi connectivity index (χ3n) is 3.40. The molecule has 0 fully saturated rings. The molecular weight excluding hydrogens is 386 g/mol. The van der Waals surface area contributed by atoms with Gasteiger partial charge in [-0.05, 0) is 42.8 Å². The number of anilines is 1. The highest BCUT2D eigenvalue weighted by atomic mass is 35.5. The van der Waals surface area contributed by atoms with Crippen molar-refractivity contribution in [3.05, 3.63) is 71.5 Å². The zero-order valence-electron chi connectivity index (χ0n) is 14.0. The molecule has 0 radical (unpaired) electrons. The Balaban J connectivity index is 1.64. The van der Waals surface area contributed by atoms with Gasteiger partial charge in [0, 0.05) is 28.0 Å². The number of carbonyl (C=O) groups is 1. The minimum absolute atomic E-state index is 0.102. The molecule has 0 saturated heterocycles. The Morgan fingerprint density at radius 1 is 1.04 bits per heavy atom. The van der Waals surface area contributed by atoms with Gasteiger partial charge in [0.2, 0.25) is 5.91 Å². The van der Waals surface area contributed by atoms with E-state index in [1.807, 2.05) is 12.1 Å². The first-order valence-corrected chi connectivity index (χ1v) is 10.0. The number of halogens is 1. The topological polar surface area (TPSA) is 54.9 Å². The predicted molar refractivity (Wildman–Crippen MR) is 108 cm³/mol. The maximum Gasteiger partial charge on any atom is 0.234 e. The van der Waals surface area contributed by atoms with Crippen molar-refractivity contribution in [1.29, 1.82) is 0 Å². The summed E-state index contributed by atoms with van der Waals surface area (Å²) in [5.74, 6) is 0.151. The third kappa shape index (κ3) is 5.24. The number of aryl methyl sites for hydroxylation is 1. The summed E-state index contributed by atoms with van der Waals surface area (Å²) in [6.07, 6.45) is 3.31. The van der Waals surface area contributed by atoms with Crippen molar-refractivity contribution in [1.82, 2.24) is 9.97 Å². The van der Waals surface area contributed by atoms with E-state index in [9.17, 15) is 4.79 Å². The molecule has 0 aliphatic rings. The highest BCUT2D eigenvalue weighted by Crippen LogP contribution is 2.34. The number of hydrogen-bond donors (Lipinski definition) is 1. The molecule has 0 unspecified atom stereocenters. The molecule has 3 aromatic rings. The van der Waals surface area contributed by atoms with Crippen molar-refractivity contribution in [2.75, 3.05) is 11.1 Å². The van der Waals surface area contributed by atoms with Gasteiger partial charge in [-0.3, -0.25) is 4.79 Å². The Morgan fingerprint density at radius 3 is 2.46 bits per heavy atom. The van der Waals surface area contributed by atoms with Crippen LogP contribution in [0.3, 0.4) is 0 Å². The first-order valence-electron chi connectivity index (χ1n) is 7.84. The molecule has 0 saturated carbocycles. The van der Waals surface area contributed by atoms with E-state index < -0.39 is 0 Å². The average Bonchev–Trinajstić information content (AvgIpc) is 2.65. The molecule has 3 rings (SSSR count). The molecule has 0 spiro atoms. The average molecular weight is 402 g/mol. The van der Waals surface area contributed by atoms with Crippen molar-refractivity contribution >= 4 is 46.7 Å². The van der Waals surface area contributed by atoms with Gasteiger partial charge in [0.1, 0.15) is 10.1 Å². The van der Waals surface area contributed by atoms with E-state index in [2.05, 4.69) is 34.3 Å². The summed E-state index contributed by atoms with van der Waals surface area (Å²) in [5.41, 5.74) is 1.90.